The second kappa shape index (κ2) is 7.68. The van der Waals surface area contributed by atoms with Crippen molar-refractivity contribution in [2.45, 2.75) is 18.9 Å². The van der Waals surface area contributed by atoms with Crippen molar-refractivity contribution in [1.29, 1.82) is 0 Å². The summed E-state index contributed by atoms with van der Waals surface area (Å²) in [6, 6.07) is 13.1. The molecule has 0 fully saturated rings. The van der Waals surface area contributed by atoms with Crippen LogP contribution in [0.15, 0.2) is 46.9 Å². The van der Waals surface area contributed by atoms with Crippen molar-refractivity contribution in [2.75, 3.05) is 19.8 Å². The number of aliphatic hydroxyl groups is 2. The van der Waals surface area contributed by atoms with E-state index in [0.717, 1.165) is 22.9 Å². The fraction of sp³-hybridized carbons (Fsp3) is 0.300. The highest BCUT2D eigenvalue weighted by Crippen LogP contribution is 2.33. The van der Waals surface area contributed by atoms with E-state index in [1.54, 1.807) is 6.07 Å². The van der Waals surface area contributed by atoms with Crippen LogP contribution in [0.2, 0.25) is 5.02 Å². The molecule has 1 aromatic heterocycles. The predicted octanol–water partition coefficient (Wildman–Crippen LogP) is 3.68. The van der Waals surface area contributed by atoms with E-state index in [1.807, 2.05) is 43.3 Å². The van der Waals surface area contributed by atoms with Crippen molar-refractivity contribution in [3.8, 4) is 16.9 Å². The first-order valence-corrected chi connectivity index (χ1v) is 8.86. The third-order valence-corrected chi connectivity index (χ3v) is 4.59. The van der Waals surface area contributed by atoms with Gasteiger partial charge >= 0.3 is 0 Å². The Morgan fingerprint density at radius 1 is 1.08 bits per heavy atom. The van der Waals surface area contributed by atoms with Crippen LogP contribution in [0.1, 0.15) is 19.1 Å². The number of rotatable bonds is 7. The van der Waals surface area contributed by atoms with Gasteiger partial charge in [-0.3, -0.25) is 0 Å². The van der Waals surface area contributed by atoms with Gasteiger partial charge in [0.25, 0.3) is 0 Å². The maximum absolute atomic E-state index is 9.44. The lowest BCUT2D eigenvalue weighted by Crippen LogP contribution is -2.43. The molecule has 3 aromatic rings. The second-order valence-electron chi connectivity index (χ2n) is 6.33. The van der Waals surface area contributed by atoms with Gasteiger partial charge in [0.2, 0.25) is 0 Å². The molecule has 0 amide bonds. The number of furan rings is 1. The number of fused-ring (bicyclic) bond motifs is 1. The van der Waals surface area contributed by atoms with Crippen LogP contribution in [0, 0.1) is 0 Å². The summed E-state index contributed by atoms with van der Waals surface area (Å²) < 4.78 is 11.3. The van der Waals surface area contributed by atoms with Gasteiger partial charge in [-0.2, -0.15) is 0 Å². The molecule has 1 heterocycles. The molecule has 0 aliphatic carbocycles. The van der Waals surface area contributed by atoms with E-state index in [-0.39, 0.29) is 0 Å². The maximum atomic E-state index is 9.44. The molecule has 0 aliphatic rings. The van der Waals surface area contributed by atoms with Gasteiger partial charge < -0.3 is 25.1 Å². The highest BCUT2D eigenvalue weighted by molar-refractivity contribution is 6.32. The SMILES string of the molecule is CCCOc1ccc(-c2ccc3oc(C(N)(CO)CO)cc3c2)cc1Cl. The number of aliphatic hydroxyl groups excluding tert-OH is 2. The number of halogens is 1. The van der Waals surface area contributed by atoms with E-state index in [0.29, 0.717) is 28.7 Å². The van der Waals surface area contributed by atoms with Crippen LogP contribution < -0.4 is 10.5 Å². The van der Waals surface area contributed by atoms with Gasteiger partial charge in [-0.25, -0.2) is 0 Å². The highest BCUT2D eigenvalue weighted by atomic mass is 35.5. The van der Waals surface area contributed by atoms with E-state index < -0.39 is 18.8 Å². The van der Waals surface area contributed by atoms with Gasteiger partial charge in [-0.15, -0.1) is 0 Å². The van der Waals surface area contributed by atoms with Crippen molar-refractivity contribution in [2.24, 2.45) is 5.73 Å². The topological polar surface area (TPSA) is 88.9 Å². The van der Waals surface area contributed by atoms with Crippen LogP contribution in [0.5, 0.6) is 5.75 Å². The fourth-order valence-electron chi connectivity index (χ4n) is 2.68. The molecule has 26 heavy (non-hydrogen) atoms. The molecule has 0 radical (unpaired) electrons. The minimum atomic E-state index is -1.30. The summed E-state index contributed by atoms with van der Waals surface area (Å²) in [6.45, 7) is 1.84. The van der Waals surface area contributed by atoms with Gasteiger partial charge in [-0.1, -0.05) is 30.7 Å². The molecule has 0 bridgehead atoms. The maximum Gasteiger partial charge on any atom is 0.137 e. The van der Waals surface area contributed by atoms with E-state index >= 15 is 0 Å². The number of hydrogen-bond donors (Lipinski definition) is 3. The molecule has 0 saturated heterocycles. The molecule has 0 saturated carbocycles. The first-order valence-electron chi connectivity index (χ1n) is 8.48. The van der Waals surface area contributed by atoms with Gasteiger partial charge in [0.15, 0.2) is 0 Å². The molecule has 4 N–H and O–H groups in total. The van der Waals surface area contributed by atoms with Crippen LogP contribution in [0.4, 0.5) is 0 Å². The monoisotopic (exact) mass is 375 g/mol. The first-order chi connectivity index (χ1) is 12.5. The van der Waals surface area contributed by atoms with Crippen LogP contribution in [0.3, 0.4) is 0 Å². The zero-order valence-corrected chi connectivity index (χ0v) is 15.3. The minimum Gasteiger partial charge on any atom is -0.492 e. The summed E-state index contributed by atoms with van der Waals surface area (Å²) in [7, 11) is 0. The van der Waals surface area contributed by atoms with Crippen molar-refractivity contribution in [3.05, 3.63) is 53.2 Å². The molecule has 0 aliphatic heterocycles. The quantitative estimate of drug-likeness (QED) is 0.586. The Hall–Kier alpha value is -2.05. The largest absolute Gasteiger partial charge is 0.492 e. The van der Waals surface area contributed by atoms with E-state index in [1.165, 1.54) is 0 Å². The summed E-state index contributed by atoms with van der Waals surface area (Å²) in [5.74, 6) is 1.01. The molecule has 6 heteroatoms. The molecule has 0 unspecified atom stereocenters. The zero-order valence-electron chi connectivity index (χ0n) is 14.5. The minimum absolute atomic E-state index is 0.344. The van der Waals surface area contributed by atoms with E-state index in [4.69, 9.17) is 26.5 Å². The third kappa shape index (κ3) is 3.57. The van der Waals surface area contributed by atoms with Crippen molar-refractivity contribution in [3.63, 3.8) is 0 Å². The van der Waals surface area contributed by atoms with Crippen molar-refractivity contribution in [1.82, 2.24) is 0 Å². The lowest BCUT2D eigenvalue weighted by atomic mass is 9.99. The Kier molecular flexibility index (Phi) is 5.53. The van der Waals surface area contributed by atoms with Gasteiger partial charge in [-0.05, 0) is 47.9 Å². The first kappa shape index (κ1) is 18.7. The fourth-order valence-corrected chi connectivity index (χ4v) is 2.92. The Morgan fingerprint density at radius 3 is 2.42 bits per heavy atom. The van der Waals surface area contributed by atoms with Crippen LogP contribution >= 0.6 is 11.6 Å². The van der Waals surface area contributed by atoms with Crippen LogP contribution in [0.25, 0.3) is 22.1 Å². The average molecular weight is 376 g/mol. The third-order valence-electron chi connectivity index (χ3n) is 4.30. The molecule has 5 nitrogen and oxygen atoms in total. The summed E-state index contributed by atoms with van der Waals surface area (Å²) in [6.07, 6.45) is 0.919. The molecule has 2 aromatic carbocycles. The van der Waals surface area contributed by atoms with Crippen molar-refractivity contribution < 1.29 is 19.4 Å². The smallest absolute Gasteiger partial charge is 0.137 e. The summed E-state index contributed by atoms with van der Waals surface area (Å²) >= 11 is 6.32. The number of nitrogens with two attached hydrogens (primary N) is 1. The summed E-state index contributed by atoms with van der Waals surface area (Å²) in [4.78, 5) is 0. The standard InChI is InChI=1S/C20H22ClNO4/c1-2-7-25-18-6-4-14(9-16(18)21)13-3-5-17-15(8-13)10-19(26-17)20(22,11-23)12-24/h3-6,8-10,23-24H,2,7,11-12,22H2,1H3. The number of benzene rings is 2. The number of hydrogen-bond acceptors (Lipinski definition) is 5. The van der Waals surface area contributed by atoms with Gasteiger partial charge in [0.05, 0.1) is 24.8 Å². The highest BCUT2D eigenvalue weighted by Gasteiger charge is 2.30. The Balaban J connectivity index is 1.95. The Labute approximate surface area is 156 Å². The molecular weight excluding hydrogens is 354 g/mol. The average Bonchev–Trinajstić information content (AvgIpc) is 3.10. The van der Waals surface area contributed by atoms with Crippen LogP contribution in [-0.2, 0) is 5.54 Å². The Morgan fingerprint density at radius 2 is 1.77 bits per heavy atom. The van der Waals surface area contributed by atoms with Crippen molar-refractivity contribution >= 4 is 22.6 Å². The zero-order chi connectivity index (χ0) is 18.7. The summed E-state index contributed by atoms with van der Waals surface area (Å²) in [5.41, 5.74) is 7.22. The predicted molar refractivity (Wildman–Crippen MR) is 102 cm³/mol. The van der Waals surface area contributed by atoms with Crippen LogP contribution in [-0.4, -0.2) is 30.0 Å². The second-order valence-corrected chi connectivity index (χ2v) is 6.74. The van der Waals surface area contributed by atoms with Gasteiger partial charge in [0, 0.05) is 5.39 Å². The molecule has 3 rings (SSSR count). The molecule has 138 valence electrons. The summed E-state index contributed by atoms with van der Waals surface area (Å²) in [5, 5.41) is 20.3. The van der Waals surface area contributed by atoms with E-state index in [2.05, 4.69) is 0 Å². The number of ether oxygens (including phenoxy) is 1. The van der Waals surface area contributed by atoms with E-state index in [9.17, 15) is 10.2 Å². The van der Waals surface area contributed by atoms with Gasteiger partial charge in [0.1, 0.15) is 22.6 Å². The lowest BCUT2D eigenvalue weighted by Gasteiger charge is -2.21. The Bertz CT molecular complexity index is 902. The molecule has 0 atom stereocenters. The molecular formula is C20H22ClNO4. The normalized spacial score (nSPS) is 11.9. The molecule has 0 spiro atoms. The lowest BCUT2D eigenvalue weighted by molar-refractivity contribution is 0.105.